The Hall–Kier alpha value is -1.44. The van der Waals surface area contributed by atoms with Crippen molar-refractivity contribution in [1.82, 2.24) is 9.97 Å². The van der Waals surface area contributed by atoms with Crippen molar-refractivity contribution in [2.45, 2.75) is 39.5 Å². The maximum absolute atomic E-state index is 4.45. The van der Waals surface area contributed by atoms with Crippen LogP contribution in [0.25, 0.3) is 11.0 Å². The molecular formula is C14H18N2. The number of unbranched alkanes of at least 4 members (excludes halogenated alkanes) is 2. The number of nitrogens with zero attached hydrogens (tertiary/aromatic N) is 2. The molecule has 0 aliphatic rings. The van der Waals surface area contributed by atoms with Gasteiger partial charge in [0.05, 0.1) is 0 Å². The van der Waals surface area contributed by atoms with E-state index in [2.05, 4.69) is 35.1 Å². The third-order valence-corrected chi connectivity index (χ3v) is 2.88. The molecule has 0 N–H and O–H groups in total. The summed E-state index contributed by atoms with van der Waals surface area (Å²) in [5, 5.41) is 1.21. The maximum Gasteiger partial charge on any atom is 0.159 e. The molecule has 2 heteroatoms. The van der Waals surface area contributed by atoms with E-state index in [1.165, 1.54) is 30.2 Å². The molecule has 2 nitrogen and oxygen atoms in total. The Labute approximate surface area is 96.7 Å². The van der Waals surface area contributed by atoms with Gasteiger partial charge in [0, 0.05) is 17.3 Å². The SMILES string of the molecule is CCCCCc1ccnc2nc(C)ccc12. The van der Waals surface area contributed by atoms with Crippen LogP contribution in [0, 0.1) is 6.92 Å². The van der Waals surface area contributed by atoms with Crippen LogP contribution in [0.1, 0.15) is 37.4 Å². The number of fused-ring (bicyclic) bond motifs is 1. The molecule has 0 amide bonds. The van der Waals surface area contributed by atoms with Crippen LogP contribution in [0.4, 0.5) is 0 Å². The predicted octanol–water partition coefficient (Wildman–Crippen LogP) is 3.67. The molecule has 0 aliphatic carbocycles. The topological polar surface area (TPSA) is 25.8 Å². The van der Waals surface area contributed by atoms with Gasteiger partial charge in [0.15, 0.2) is 5.65 Å². The second kappa shape index (κ2) is 5.06. The minimum Gasteiger partial charge on any atom is -0.237 e. The second-order valence-corrected chi connectivity index (χ2v) is 4.25. The van der Waals surface area contributed by atoms with Crippen molar-refractivity contribution >= 4 is 11.0 Å². The molecule has 0 unspecified atom stereocenters. The molecule has 0 bridgehead atoms. The average Bonchev–Trinajstić information content (AvgIpc) is 2.29. The summed E-state index contributed by atoms with van der Waals surface area (Å²) in [5.74, 6) is 0. The van der Waals surface area contributed by atoms with Gasteiger partial charge in [-0.2, -0.15) is 0 Å². The molecule has 0 atom stereocenters. The molecule has 2 heterocycles. The van der Waals surface area contributed by atoms with E-state index >= 15 is 0 Å². The highest BCUT2D eigenvalue weighted by atomic mass is 14.8. The van der Waals surface area contributed by atoms with Crippen molar-refractivity contribution in [2.24, 2.45) is 0 Å². The van der Waals surface area contributed by atoms with Crippen molar-refractivity contribution in [1.29, 1.82) is 0 Å². The first-order chi connectivity index (χ1) is 7.81. The van der Waals surface area contributed by atoms with Crippen LogP contribution in [0.5, 0.6) is 0 Å². The molecule has 0 saturated carbocycles. The third kappa shape index (κ3) is 2.38. The van der Waals surface area contributed by atoms with Crippen LogP contribution >= 0.6 is 0 Å². The number of pyridine rings is 2. The highest BCUT2D eigenvalue weighted by molar-refractivity contribution is 5.78. The molecule has 84 valence electrons. The van der Waals surface area contributed by atoms with Gasteiger partial charge in [0.1, 0.15) is 0 Å². The van der Waals surface area contributed by atoms with Crippen molar-refractivity contribution in [3.63, 3.8) is 0 Å². The maximum atomic E-state index is 4.45. The van der Waals surface area contributed by atoms with Crippen molar-refractivity contribution in [3.8, 4) is 0 Å². The van der Waals surface area contributed by atoms with Gasteiger partial charge >= 0.3 is 0 Å². The molecule has 0 radical (unpaired) electrons. The van der Waals surface area contributed by atoms with E-state index in [9.17, 15) is 0 Å². The van der Waals surface area contributed by atoms with Crippen LogP contribution in [-0.4, -0.2) is 9.97 Å². The molecule has 2 aromatic heterocycles. The molecule has 16 heavy (non-hydrogen) atoms. The fourth-order valence-corrected chi connectivity index (χ4v) is 1.96. The lowest BCUT2D eigenvalue weighted by atomic mass is 10.0. The second-order valence-electron chi connectivity index (χ2n) is 4.25. The Morgan fingerprint density at radius 3 is 2.81 bits per heavy atom. The zero-order chi connectivity index (χ0) is 11.4. The Kier molecular flexibility index (Phi) is 3.50. The number of hydrogen-bond donors (Lipinski definition) is 0. The van der Waals surface area contributed by atoms with Gasteiger partial charge in [-0.1, -0.05) is 19.8 Å². The van der Waals surface area contributed by atoms with Gasteiger partial charge in [-0.25, -0.2) is 9.97 Å². The summed E-state index contributed by atoms with van der Waals surface area (Å²) in [7, 11) is 0. The molecule has 0 fully saturated rings. The number of hydrogen-bond acceptors (Lipinski definition) is 2. The van der Waals surface area contributed by atoms with Crippen LogP contribution < -0.4 is 0 Å². The lowest BCUT2D eigenvalue weighted by Gasteiger charge is -2.05. The van der Waals surface area contributed by atoms with E-state index in [0.29, 0.717) is 0 Å². The molecule has 2 rings (SSSR count). The van der Waals surface area contributed by atoms with E-state index in [0.717, 1.165) is 17.8 Å². The van der Waals surface area contributed by atoms with Gasteiger partial charge in [0.2, 0.25) is 0 Å². The fourth-order valence-electron chi connectivity index (χ4n) is 1.96. The van der Waals surface area contributed by atoms with Crippen molar-refractivity contribution in [3.05, 3.63) is 35.7 Å². The molecule has 0 spiro atoms. The summed E-state index contributed by atoms with van der Waals surface area (Å²) in [5.41, 5.74) is 3.30. The zero-order valence-corrected chi connectivity index (χ0v) is 10.0. The van der Waals surface area contributed by atoms with Crippen molar-refractivity contribution in [2.75, 3.05) is 0 Å². The van der Waals surface area contributed by atoms with Gasteiger partial charge in [-0.15, -0.1) is 0 Å². The number of aromatic nitrogens is 2. The standard InChI is InChI=1S/C14H18N2/c1-3-4-5-6-12-9-10-15-14-13(12)8-7-11(2)16-14/h7-10H,3-6H2,1-2H3. The van der Waals surface area contributed by atoms with Gasteiger partial charge in [0.25, 0.3) is 0 Å². The van der Waals surface area contributed by atoms with Gasteiger partial charge in [-0.3, -0.25) is 0 Å². The zero-order valence-electron chi connectivity index (χ0n) is 10.0. The summed E-state index contributed by atoms with van der Waals surface area (Å²) in [4.78, 5) is 8.77. The minimum atomic E-state index is 0.883. The largest absolute Gasteiger partial charge is 0.237 e. The highest BCUT2D eigenvalue weighted by Crippen LogP contribution is 2.17. The summed E-state index contributed by atoms with van der Waals surface area (Å²) in [6, 6.07) is 6.33. The Balaban J connectivity index is 2.30. The molecule has 0 aromatic carbocycles. The fraction of sp³-hybridized carbons (Fsp3) is 0.429. The monoisotopic (exact) mass is 214 g/mol. The number of rotatable bonds is 4. The van der Waals surface area contributed by atoms with E-state index in [4.69, 9.17) is 0 Å². The van der Waals surface area contributed by atoms with E-state index in [1.807, 2.05) is 13.1 Å². The van der Waals surface area contributed by atoms with E-state index in [-0.39, 0.29) is 0 Å². The normalized spacial score (nSPS) is 10.9. The van der Waals surface area contributed by atoms with E-state index in [1.54, 1.807) is 0 Å². The quantitative estimate of drug-likeness (QED) is 0.726. The third-order valence-electron chi connectivity index (χ3n) is 2.88. The molecule has 0 saturated heterocycles. The smallest absolute Gasteiger partial charge is 0.159 e. The summed E-state index contributed by atoms with van der Waals surface area (Å²) < 4.78 is 0. The van der Waals surface area contributed by atoms with Crippen LogP contribution in [0.2, 0.25) is 0 Å². The first-order valence-corrected chi connectivity index (χ1v) is 6.02. The van der Waals surface area contributed by atoms with Gasteiger partial charge < -0.3 is 0 Å². The van der Waals surface area contributed by atoms with Gasteiger partial charge in [-0.05, 0) is 43.5 Å². The Bertz CT molecular complexity index is 477. The minimum absolute atomic E-state index is 0.883. The van der Waals surface area contributed by atoms with Crippen LogP contribution in [-0.2, 0) is 6.42 Å². The van der Waals surface area contributed by atoms with Crippen LogP contribution in [0.3, 0.4) is 0 Å². The average molecular weight is 214 g/mol. The summed E-state index contributed by atoms with van der Waals surface area (Å²) in [6.45, 7) is 4.24. The Morgan fingerprint density at radius 1 is 1.12 bits per heavy atom. The lowest BCUT2D eigenvalue weighted by molar-refractivity contribution is 0.719. The Morgan fingerprint density at radius 2 is 2.00 bits per heavy atom. The van der Waals surface area contributed by atoms with Crippen LogP contribution in [0.15, 0.2) is 24.4 Å². The summed E-state index contributed by atoms with van der Waals surface area (Å²) in [6.07, 6.45) is 6.82. The first-order valence-electron chi connectivity index (χ1n) is 6.02. The number of aryl methyl sites for hydroxylation is 2. The highest BCUT2D eigenvalue weighted by Gasteiger charge is 2.02. The van der Waals surface area contributed by atoms with Crippen molar-refractivity contribution < 1.29 is 0 Å². The lowest BCUT2D eigenvalue weighted by Crippen LogP contribution is -1.92. The molecule has 2 aromatic rings. The molecular weight excluding hydrogens is 196 g/mol. The summed E-state index contributed by atoms with van der Waals surface area (Å²) >= 11 is 0. The predicted molar refractivity (Wildman–Crippen MR) is 67.5 cm³/mol. The molecule has 0 aliphatic heterocycles. The van der Waals surface area contributed by atoms with E-state index < -0.39 is 0 Å². The first kappa shape index (κ1) is 11.1.